The number of hydrogen-bond donors (Lipinski definition) is 0. The number of amides is 1. The number of carbonyl (C=O) groups excluding carboxylic acids is 1. The highest BCUT2D eigenvalue weighted by molar-refractivity contribution is 5.69. The number of nitrogens with zero attached hydrogens (tertiary/aromatic N) is 2. The monoisotopic (exact) mass is 372 g/mol. The van der Waals surface area contributed by atoms with Crippen LogP contribution < -0.4 is 0 Å². The van der Waals surface area contributed by atoms with E-state index in [2.05, 4.69) is 23.2 Å². The molecule has 1 aromatic heterocycles. The van der Waals surface area contributed by atoms with Crippen LogP contribution in [0.3, 0.4) is 0 Å². The molecule has 4 rings (SSSR count). The van der Waals surface area contributed by atoms with Crippen molar-refractivity contribution >= 4 is 6.09 Å². The second kappa shape index (κ2) is 8.70. The van der Waals surface area contributed by atoms with Gasteiger partial charge in [0.2, 0.25) is 0 Å². The third-order valence-corrected chi connectivity index (χ3v) is 5.30. The van der Waals surface area contributed by atoms with Crippen LogP contribution in [0.4, 0.5) is 4.79 Å². The van der Waals surface area contributed by atoms with Crippen molar-refractivity contribution in [2.24, 2.45) is 0 Å². The SMILES string of the molecule is O=C(OCc1ccccc1)N1C(Cc2cccnc2)CCC1c1ccccc1. The second-order valence-corrected chi connectivity index (χ2v) is 7.17. The van der Waals surface area contributed by atoms with Crippen molar-refractivity contribution in [3.8, 4) is 0 Å². The quantitative estimate of drug-likeness (QED) is 0.621. The van der Waals surface area contributed by atoms with Gasteiger partial charge in [0.15, 0.2) is 0 Å². The molecule has 4 nitrogen and oxygen atoms in total. The lowest BCUT2D eigenvalue weighted by atomic mass is 10.0. The number of carbonyl (C=O) groups is 1. The summed E-state index contributed by atoms with van der Waals surface area (Å²) in [5.74, 6) is 0. The lowest BCUT2D eigenvalue weighted by Gasteiger charge is -2.30. The summed E-state index contributed by atoms with van der Waals surface area (Å²) in [4.78, 5) is 19.2. The predicted molar refractivity (Wildman–Crippen MR) is 109 cm³/mol. The van der Waals surface area contributed by atoms with Gasteiger partial charge in [-0.15, -0.1) is 0 Å². The van der Waals surface area contributed by atoms with Crippen LogP contribution in [0.25, 0.3) is 0 Å². The molecule has 142 valence electrons. The van der Waals surface area contributed by atoms with Crippen molar-refractivity contribution in [3.05, 3.63) is 102 Å². The molecule has 2 unspecified atom stereocenters. The first-order valence-corrected chi connectivity index (χ1v) is 9.74. The zero-order valence-electron chi connectivity index (χ0n) is 15.8. The van der Waals surface area contributed by atoms with E-state index in [1.54, 1.807) is 6.20 Å². The van der Waals surface area contributed by atoms with E-state index >= 15 is 0 Å². The van der Waals surface area contributed by atoms with Gasteiger partial charge in [-0.2, -0.15) is 0 Å². The smallest absolute Gasteiger partial charge is 0.410 e. The topological polar surface area (TPSA) is 42.4 Å². The highest BCUT2D eigenvalue weighted by atomic mass is 16.6. The van der Waals surface area contributed by atoms with Crippen LogP contribution in [0.5, 0.6) is 0 Å². The van der Waals surface area contributed by atoms with Crippen molar-refractivity contribution in [3.63, 3.8) is 0 Å². The summed E-state index contributed by atoms with van der Waals surface area (Å²) >= 11 is 0. The van der Waals surface area contributed by atoms with Gasteiger partial charge in [0.05, 0.1) is 6.04 Å². The minimum atomic E-state index is -0.246. The Morgan fingerprint density at radius 3 is 2.36 bits per heavy atom. The highest BCUT2D eigenvalue weighted by Gasteiger charge is 2.38. The Hall–Kier alpha value is -3.14. The van der Waals surface area contributed by atoms with E-state index in [0.717, 1.165) is 36.0 Å². The molecule has 3 aromatic rings. The maximum Gasteiger partial charge on any atom is 0.410 e. The number of aromatic nitrogens is 1. The largest absolute Gasteiger partial charge is 0.445 e. The van der Waals surface area contributed by atoms with Crippen LogP contribution in [0.2, 0.25) is 0 Å². The Kier molecular flexibility index (Phi) is 5.66. The molecule has 0 aliphatic carbocycles. The average molecular weight is 372 g/mol. The average Bonchev–Trinajstić information content (AvgIpc) is 3.18. The number of hydrogen-bond acceptors (Lipinski definition) is 3. The van der Waals surface area contributed by atoms with Gasteiger partial charge in [0.25, 0.3) is 0 Å². The molecular weight excluding hydrogens is 348 g/mol. The van der Waals surface area contributed by atoms with Gasteiger partial charge in [0, 0.05) is 18.4 Å². The Labute approximate surface area is 165 Å². The van der Waals surface area contributed by atoms with Crippen molar-refractivity contribution in [2.75, 3.05) is 0 Å². The van der Waals surface area contributed by atoms with E-state index in [1.807, 2.05) is 65.7 Å². The van der Waals surface area contributed by atoms with Crippen LogP contribution in [-0.4, -0.2) is 22.0 Å². The van der Waals surface area contributed by atoms with Gasteiger partial charge in [0.1, 0.15) is 6.61 Å². The molecule has 0 radical (unpaired) electrons. The van der Waals surface area contributed by atoms with Crippen LogP contribution in [0.15, 0.2) is 85.2 Å². The Morgan fingerprint density at radius 2 is 1.64 bits per heavy atom. The zero-order chi connectivity index (χ0) is 19.2. The van der Waals surface area contributed by atoms with E-state index in [0.29, 0.717) is 0 Å². The summed E-state index contributed by atoms with van der Waals surface area (Å²) < 4.78 is 5.70. The van der Waals surface area contributed by atoms with Crippen molar-refractivity contribution in [1.29, 1.82) is 0 Å². The van der Waals surface area contributed by atoms with Crippen LogP contribution in [0.1, 0.15) is 35.6 Å². The maximum absolute atomic E-state index is 13.1. The summed E-state index contributed by atoms with van der Waals surface area (Å²) in [7, 11) is 0. The first-order chi connectivity index (χ1) is 13.8. The standard InChI is InChI=1S/C24H24N2O2/c27-24(28-18-19-8-3-1-4-9-19)26-22(16-20-10-7-15-25-17-20)13-14-23(26)21-11-5-2-6-12-21/h1-12,15,17,22-23H,13-14,16,18H2. The maximum atomic E-state index is 13.1. The second-order valence-electron chi connectivity index (χ2n) is 7.17. The predicted octanol–water partition coefficient (Wildman–Crippen LogP) is 5.17. The molecule has 2 aromatic carbocycles. The molecule has 0 saturated carbocycles. The van der Waals surface area contributed by atoms with Gasteiger partial charge < -0.3 is 4.74 Å². The van der Waals surface area contributed by atoms with Crippen molar-refractivity contribution < 1.29 is 9.53 Å². The Balaban J connectivity index is 1.53. The summed E-state index contributed by atoms with van der Waals surface area (Å²) in [6, 6.07) is 24.2. The van der Waals surface area contributed by atoms with E-state index in [4.69, 9.17) is 4.74 Å². The fourth-order valence-corrected chi connectivity index (χ4v) is 3.95. The minimum Gasteiger partial charge on any atom is -0.445 e. The number of ether oxygens (including phenoxy) is 1. The summed E-state index contributed by atoms with van der Waals surface area (Å²) in [5.41, 5.74) is 3.30. The number of pyridine rings is 1. The van der Waals surface area contributed by atoms with E-state index in [-0.39, 0.29) is 24.8 Å². The molecule has 1 aliphatic heterocycles. The fraction of sp³-hybridized carbons (Fsp3) is 0.250. The molecule has 0 N–H and O–H groups in total. The molecule has 0 bridgehead atoms. The zero-order valence-corrected chi connectivity index (χ0v) is 15.8. The molecule has 1 amide bonds. The number of likely N-dealkylation sites (tertiary alicyclic amines) is 1. The van der Waals surface area contributed by atoms with Crippen LogP contribution in [-0.2, 0) is 17.8 Å². The summed E-state index contributed by atoms with van der Waals surface area (Å²) in [6.07, 6.45) is 6.09. The fourth-order valence-electron chi connectivity index (χ4n) is 3.95. The Bertz CT molecular complexity index is 884. The first kappa shape index (κ1) is 18.2. The summed E-state index contributed by atoms with van der Waals surface area (Å²) in [5, 5.41) is 0. The first-order valence-electron chi connectivity index (χ1n) is 9.74. The third-order valence-electron chi connectivity index (χ3n) is 5.30. The molecule has 0 spiro atoms. The lowest BCUT2D eigenvalue weighted by Crippen LogP contribution is -2.39. The van der Waals surface area contributed by atoms with Crippen LogP contribution >= 0.6 is 0 Å². The Morgan fingerprint density at radius 1 is 0.929 bits per heavy atom. The van der Waals surface area contributed by atoms with E-state index < -0.39 is 0 Å². The van der Waals surface area contributed by atoms with Crippen molar-refractivity contribution in [2.45, 2.75) is 38.0 Å². The van der Waals surface area contributed by atoms with E-state index in [9.17, 15) is 4.79 Å². The van der Waals surface area contributed by atoms with Gasteiger partial charge in [-0.05, 0) is 42.0 Å². The molecule has 2 atom stereocenters. The molecular formula is C24H24N2O2. The molecule has 4 heteroatoms. The van der Waals surface area contributed by atoms with Gasteiger partial charge in [-0.25, -0.2) is 4.79 Å². The van der Waals surface area contributed by atoms with Gasteiger partial charge in [-0.1, -0.05) is 66.7 Å². The molecule has 1 saturated heterocycles. The van der Waals surface area contributed by atoms with Crippen molar-refractivity contribution in [1.82, 2.24) is 9.88 Å². The van der Waals surface area contributed by atoms with Crippen LogP contribution in [0, 0.1) is 0 Å². The molecule has 28 heavy (non-hydrogen) atoms. The minimum absolute atomic E-state index is 0.0474. The van der Waals surface area contributed by atoms with Gasteiger partial charge >= 0.3 is 6.09 Å². The van der Waals surface area contributed by atoms with E-state index in [1.165, 1.54) is 0 Å². The number of benzene rings is 2. The molecule has 1 aliphatic rings. The molecule has 1 fully saturated rings. The lowest BCUT2D eigenvalue weighted by molar-refractivity contribution is 0.0779. The third kappa shape index (κ3) is 4.22. The normalized spacial score (nSPS) is 18.8. The number of rotatable bonds is 5. The molecule has 2 heterocycles. The highest BCUT2D eigenvalue weighted by Crippen LogP contribution is 2.38. The van der Waals surface area contributed by atoms with Gasteiger partial charge in [-0.3, -0.25) is 9.88 Å². The summed E-state index contributed by atoms with van der Waals surface area (Å²) in [6.45, 7) is 0.289.